The van der Waals surface area contributed by atoms with E-state index in [-0.39, 0.29) is 0 Å². The summed E-state index contributed by atoms with van der Waals surface area (Å²) >= 11 is 1.55. The van der Waals surface area contributed by atoms with Gasteiger partial charge in [0, 0.05) is 24.6 Å². The van der Waals surface area contributed by atoms with Gasteiger partial charge >= 0.3 is 0 Å². The van der Waals surface area contributed by atoms with Gasteiger partial charge in [0.2, 0.25) is 0 Å². The van der Waals surface area contributed by atoms with E-state index in [2.05, 4.69) is 23.1 Å². The van der Waals surface area contributed by atoms with Crippen molar-refractivity contribution in [2.45, 2.75) is 25.5 Å². The molecule has 0 amide bonds. The Morgan fingerprint density at radius 1 is 1.73 bits per heavy atom. The standard InChI is InChI=1S/C8H13N2S/c1-3-4-8-9-5-7(10-8)6-11-2/h5H,2-4,6H2,1H3,(H,9,10). The maximum absolute atomic E-state index is 4.37. The van der Waals surface area contributed by atoms with Gasteiger partial charge in [-0.25, -0.2) is 4.98 Å². The van der Waals surface area contributed by atoms with Crippen molar-refractivity contribution >= 4 is 11.8 Å². The van der Waals surface area contributed by atoms with Gasteiger partial charge < -0.3 is 4.98 Å². The Hall–Kier alpha value is -0.440. The number of aromatic nitrogens is 2. The zero-order valence-electron chi connectivity index (χ0n) is 6.76. The van der Waals surface area contributed by atoms with E-state index in [0.29, 0.717) is 0 Å². The molecule has 3 heteroatoms. The molecule has 0 aliphatic carbocycles. The molecule has 1 rings (SSSR count). The summed E-state index contributed by atoms with van der Waals surface area (Å²) < 4.78 is 0. The molecule has 2 nitrogen and oxygen atoms in total. The van der Waals surface area contributed by atoms with E-state index >= 15 is 0 Å². The Labute approximate surface area is 71.8 Å². The van der Waals surface area contributed by atoms with Crippen LogP contribution in [0, 0.1) is 6.26 Å². The number of aryl methyl sites for hydroxylation is 1. The van der Waals surface area contributed by atoms with Crippen molar-refractivity contribution in [1.29, 1.82) is 0 Å². The van der Waals surface area contributed by atoms with Crippen molar-refractivity contribution < 1.29 is 0 Å². The average Bonchev–Trinajstić information content (AvgIpc) is 2.38. The minimum absolute atomic E-state index is 0.903. The molecule has 61 valence electrons. The Balaban J connectivity index is 2.51. The maximum Gasteiger partial charge on any atom is 0.106 e. The fraction of sp³-hybridized carbons (Fsp3) is 0.500. The third-order valence-corrected chi connectivity index (χ3v) is 1.92. The summed E-state index contributed by atoms with van der Waals surface area (Å²) in [4.78, 5) is 7.51. The van der Waals surface area contributed by atoms with E-state index in [1.807, 2.05) is 6.20 Å². The van der Waals surface area contributed by atoms with E-state index in [1.54, 1.807) is 11.8 Å². The summed E-state index contributed by atoms with van der Waals surface area (Å²) in [6.07, 6.45) is 7.85. The van der Waals surface area contributed by atoms with Gasteiger partial charge in [-0.3, -0.25) is 0 Å². The molecule has 0 aliphatic heterocycles. The molecule has 0 aromatic carbocycles. The van der Waals surface area contributed by atoms with Crippen LogP contribution >= 0.6 is 11.8 Å². The highest BCUT2D eigenvalue weighted by atomic mass is 32.2. The molecule has 11 heavy (non-hydrogen) atoms. The molecule has 0 saturated carbocycles. The molecule has 0 fully saturated rings. The lowest BCUT2D eigenvalue weighted by Gasteiger charge is -1.89. The average molecular weight is 169 g/mol. The van der Waals surface area contributed by atoms with Gasteiger partial charge in [0.1, 0.15) is 5.82 Å². The third-order valence-electron chi connectivity index (χ3n) is 1.42. The van der Waals surface area contributed by atoms with Gasteiger partial charge in [0.15, 0.2) is 0 Å². The second kappa shape index (κ2) is 4.44. The molecule has 1 aromatic heterocycles. The predicted molar refractivity (Wildman–Crippen MR) is 49.2 cm³/mol. The van der Waals surface area contributed by atoms with Gasteiger partial charge in [0.05, 0.1) is 5.69 Å². The monoisotopic (exact) mass is 169 g/mol. The number of nitrogens with zero attached hydrogens (tertiary/aromatic N) is 1. The summed E-state index contributed by atoms with van der Waals surface area (Å²) in [5, 5.41) is 0. The highest BCUT2D eigenvalue weighted by Crippen LogP contribution is 2.08. The van der Waals surface area contributed by atoms with Crippen molar-refractivity contribution in [2.75, 3.05) is 0 Å². The molecule has 0 atom stereocenters. The van der Waals surface area contributed by atoms with Crippen molar-refractivity contribution in [1.82, 2.24) is 9.97 Å². The van der Waals surface area contributed by atoms with Crippen LogP contribution < -0.4 is 0 Å². The van der Waals surface area contributed by atoms with Crippen molar-refractivity contribution in [3.05, 3.63) is 24.0 Å². The van der Waals surface area contributed by atoms with Gasteiger partial charge in [-0.2, -0.15) is 11.8 Å². The summed E-state index contributed by atoms with van der Waals surface area (Å²) in [5.41, 5.74) is 1.11. The summed E-state index contributed by atoms with van der Waals surface area (Å²) in [6.45, 7) is 2.15. The van der Waals surface area contributed by atoms with E-state index < -0.39 is 0 Å². The van der Waals surface area contributed by atoms with Crippen LogP contribution in [0.25, 0.3) is 0 Å². The molecule has 0 saturated heterocycles. The Morgan fingerprint density at radius 3 is 3.18 bits per heavy atom. The fourth-order valence-corrected chi connectivity index (χ4v) is 1.30. The van der Waals surface area contributed by atoms with Gasteiger partial charge in [-0.15, -0.1) is 0 Å². The number of aromatic amines is 1. The first-order chi connectivity index (χ1) is 5.36. The normalized spacial score (nSPS) is 10.4. The van der Waals surface area contributed by atoms with Crippen LogP contribution in [0.4, 0.5) is 0 Å². The summed E-state index contributed by atoms with van der Waals surface area (Å²) in [7, 11) is 0. The molecule has 1 aromatic rings. The molecule has 0 spiro atoms. The fourth-order valence-electron chi connectivity index (χ4n) is 0.948. The Bertz CT molecular complexity index is 187. The Morgan fingerprint density at radius 2 is 2.55 bits per heavy atom. The van der Waals surface area contributed by atoms with Crippen LogP contribution in [0.15, 0.2) is 6.20 Å². The van der Waals surface area contributed by atoms with Gasteiger partial charge in [-0.05, 0) is 6.42 Å². The highest BCUT2D eigenvalue weighted by molar-refractivity contribution is 7.99. The van der Waals surface area contributed by atoms with Gasteiger partial charge in [0.25, 0.3) is 0 Å². The maximum atomic E-state index is 4.37. The minimum atomic E-state index is 0.903. The zero-order chi connectivity index (χ0) is 8.10. The number of hydrogen-bond donors (Lipinski definition) is 1. The van der Waals surface area contributed by atoms with Crippen LogP contribution in [0.2, 0.25) is 0 Å². The van der Waals surface area contributed by atoms with Crippen LogP contribution in [0.3, 0.4) is 0 Å². The number of rotatable bonds is 4. The molecule has 0 bridgehead atoms. The van der Waals surface area contributed by atoms with Crippen molar-refractivity contribution in [2.24, 2.45) is 0 Å². The molecule has 0 unspecified atom stereocenters. The number of H-pyrrole nitrogens is 1. The van der Waals surface area contributed by atoms with Gasteiger partial charge in [-0.1, -0.05) is 6.92 Å². The summed E-state index contributed by atoms with van der Waals surface area (Å²) in [6, 6.07) is 0. The first kappa shape index (κ1) is 8.65. The first-order valence-electron chi connectivity index (χ1n) is 3.77. The van der Waals surface area contributed by atoms with E-state index in [0.717, 1.165) is 30.1 Å². The lowest BCUT2D eigenvalue weighted by molar-refractivity contribution is 0.853. The second-order valence-corrected chi connectivity index (χ2v) is 3.13. The number of imidazole rings is 1. The molecule has 0 aliphatic rings. The van der Waals surface area contributed by atoms with Crippen LogP contribution in [-0.4, -0.2) is 9.97 Å². The van der Waals surface area contributed by atoms with Crippen molar-refractivity contribution in [3.63, 3.8) is 0 Å². The second-order valence-electron chi connectivity index (χ2n) is 2.44. The number of hydrogen-bond acceptors (Lipinski definition) is 2. The first-order valence-corrected chi connectivity index (χ1v) is 4.92. The highest BCUT2D eigenvalue weighted by Gasteiger charge is 1.97. The molecule has 1 N–H and O–H groups in total. The quantitative estimate of drug-likeness (QED) is 0.749. The molecule has 1 radical (unpaired) electrons. The SMILES string of the molecule is [CH2]SCc1c[nH]c(CCC)n1. The lowest BCUT2D eigenvalue weighted by atomic mass is 10.3. The largest absolute Gasteiger partial charge is 0.348 e. The van der Waals surface area contributed by atoms with Crippen LogP contribution in [0.1, 0.15) is 24.9 Å². The number of nitrogens with one attached hydrogen (secondary N) is 1. The van der Waals surface area contributed by atoms with E-state index in [1.165, 1.54) is 0 Å². The number of thioether (sulfide) groups is 1. The smallest absolute Gasteiger partial charge is 0.106 e. The zero-order valence-corrected chi connectivity index (χ0v) is 7.58. The van der Waals surface area contributed by atoms with E-state index in [9.17, 15) is 0 Å². The third kappa shape index (κ3) is 2.58. The topological polar surface area (TPSA) is 28.7 Å². The van der Waals surface area contributed by atoms with Crippen LogP contribution in [0.5, 0.6) is 0 Å². The molecular formula is C8H13N2S. The molecular weight excluding hydrogens is 156 g/mol. The minimum Gasteiger partial charge on any atom is -0.348 e. The summed E-state index contributed by atoms with van der Waals surface area (Å²) in [5.74, 6) is 2.00. The van der Waals surface area contributed by atoms with Crippen molar-refractivity contribution in [3.8, 4) is 0 Å². The Kier molecular flexibility index (Phi) is 3.49. The van der Waals surface area contributed by atoms with E-state index in [4.69, 9.17) is 0 Å². The van der Waals surface area contributed by atoms with Crippen LogP contribution in [-0.2, 0) is 12.2 Å². The predicted octanol–water partition coefficient (Wildman–Crippen LogP) is 2.39. The lowest BCUT2D eigenvalue weighted by Crippen LogP contribution is -1.85. The molecule has 1 heterocycles.